The molecule has 1 fully saturated rings. The fourth-order valence-corrected chi connectivity index (χ4v) is 2.97. The second-order valence-electron chi connectivity index (χ2n) is 6.37. The molecule has 0 bridgehead atoms. The summed E-state index contributed by atoms with van der Waals surface area (Å²) in [5, 5.41) is 2.95. The van der Waals surface area contributed by atoms with E-state index in [1.165, 1.54) is 0 Å². The molecule has 0 saturated carbocycles. The Morgan fingerprint density at radius 2 is 1.76 bits per heavy atom. The van der Waals surface area contributed by atoms with E-state index in [1.807, 2.05) is 31.2 Å². The van der Waals surface area contributed by atoms with Crippen LogP contribution in [0.4, 0.5) is 0 Å². The normalized spacial score (nSPS) is 20.9. The summed E-state index contributed by atoms with van der Waals surface area (Å²) < 4.78 is 16.7. The quantitative estimate of drug-likeness (QED) is 0.739. The van der Waals surface area contributed by atoms with Gasteiger partial charge in [0, 0.05) is 26.2 Å². The van der Waals surface area contributed by atoms with E-state index in [-0.39, 0.29) is 18.1 Å². The first-order valence-corrected chi connectivity index (χ1v) is 9.07. The third-order valence-corrected chi connectivity index (χ3v) is 3.98. The third kappa shape index (κ3) is 7.32. The highest BCUT2D eigenvalue weighted by Gasteiger charge is 2.21. The minimum absolute atomic E-state index is 0.0142. The number of morpholine rings is 1. The smallest absolute Gasteiger partial charge is 0.223 e. The van der Waals surface area contributed by atoms with Gasteiger partial charge in [-0.1, -0.05) is 0 Å². The number of ether oxygens (including phenoxy) is 3. The van der Waals surface area contributed by atoms with Crippen LogP contribution in [-0.2, 0) is 9.53 Å². The molecule has 1 amide bonds. The zero-order chi connectivity index (χ0) is 18.1. The van der Waals surface area contributed by atoms with E-state index < -0.39 is 0 Å². The fourth-order valence-electron chi connectivity index (χ4n) is 2.97. The van der Waals surface area contributed by atoms with E-state index in [1.54, 1.807) is 0 Å². The number of amides is 1. The predicted octanol–water partition coefficient (Wildman–Crippen LogP) is 2.08. The maximum atomic E-state index is 11.9. The molecule has 2 atom stereocenters. The van der Waals surface area contributed by atoms with Gasteiger partial charge >= 0.3 is 0 Å². The van der Waals surface area contributed by atoms with Crippen molar-refractivity contribution in [3.63, 3.8) is 0 Å². The average Bonchev–Trinajstić information content (AvgIpc) is 2.56. The Kier molecular flexibility index (Phi) is 8.01. The minimum Gasteiger partial charge on any atom is -0.494 e. The maximum Gasteiger partial charge on any atom is 0.223 e. The van der Waals surface area contributed by atoms with Gasteiger partial charge in [0.15, 0.2) is 0 Å². The van der Waals surface area contributed by atoms with Crippen molar-refractivity contribution in [1.29, 1.82) is 0 Å². The lowest BCUT2D eigenvalue weighted by atomic mass is 10.2. The molecule has 2 rings (SSSR count). The first-order valence-electron chi connectivity index (χ1n) is 9.07. The summed E-state index contributed by atoms with van der Waals surface area (Å²) in [4.78, 5) is 14.2. The number of hydrogen-bond acceptors (Lipinski definition) is 5. The van der Waals surface area contributed by atoms with E-state index >= 15 is 0 Å². The van der Waals surface area contributed by atoms with Gasteiger partial charge in [0.25, 0.3) is 0 Å². The number of nitrogens with one attached hydrogen (secondary N) is 1. The van der Waals surface area contributed by atoms with Crippen molar-refractivity contribution in [2.45, 2.75) is 39.4 Å². The second kappa shape index (κ2) is 10.3. The molecule has 1 aliphatic heterocycles. The van der Waals surface area contributed by atoms with Crippen LogP contribution in [0.1, 0.15) is 27.2 Å². The van der Waals surface area contributed by atoms with Gasteiger partial charge in [-0.2, -0.15) is 0 Å². The Morgan fingerprint density at radius 1 is 1.16 bits per heavy atom. The summed E-state index contributed by atoms with van der Waals surface area (Å²) >= 11 is 0. The molecule has 0 aromatic heterocycles. The number of nitrogens with zero attached hydrogens (tertiary/aromatic N) is 1. The van der Waals surface area contributed by atoms with Crippen LogP contribution in [-0.4, -0.2) is 62.4 Å². The van der Waals surface area contributed by atoms with Crippen LogP contribution in [0, 0.1) is 0 Å². The van der Waals surface area contributed by atoms with E-state index in [9.17, 15) is 4.79 Å². The van der Waals surface area contributed by atoms with Crippen LogP contribution in [0.3, 0.4) is 0 Å². The topological polar surface area (TPSA) is 60.0 Å². The number of benzene rings is 1. The van der Waals surface area contributed by atoms with Crippen LogP contribution >= 0.6 is 0 Å². The summed E-state index contributed by atoms with van der Waals surface area (Å²) in [6.45, 7) is 10.5. The Bertz CT molecular complexity index is 511. The number of carbonyl (C=O) groups excluding carboxylic acids is 1. The number of rotatable bonds is 9. The molecule has 1 N–H and O–H groups in total. The second-order valence-corrected chi connectivity index (χ2v) is 6.37. The third-order valence-electron chi connectivity index (χ3n) is 3.98. The molecule has 6 heteroatoms. The van der Waals surface area contributed by atoms with Crippen LogP contribution in [0.25, 0.3) is 0 Å². The van der Waals surface area contributed by atoms with Crippen molar-refractivity contribution >= 4 is 5.91 Å². The van der Waals surface area contributed by atoms with Gasteiger partial charge in [0.1, 0.15) is 11.5 Å². The highest BCUT2D eigenvalue weighted by Crippen LogP contribution is 2.17. The average molecular weight is 350 g/mol. The Balaban J connectivity index is 1.57. The molecule has 0 radical (unpaired) electrons. The van der Waals surface area contributed by atoms with Gasteiger partial charge in [-0.15, -0.1) is 0 Å². The first kappa shape index (κ1) is 19.5. The molecule has 0 aliphatic carbocycles. The van der Waals surface area contributed by atoms with Crippen LogP contribution in [0.15, 0.2) is 24.3 Å². The largest absolute Gasteiger partial charge is 0.494 e. The van der Waals surface area contributed by atoms with Gasteiger partial charge < -0.3 is 19.5 Å². The van der Waals surface area contributed by atoms with E-state index in [0.29, 0.717) is 26.2 Å². The molecular weight excluding hydrogens is 320 g/mol. The van der Waals surface area contributed by atoms with Gasteiger partial charge in [0.05, 0.1) is 31.8 Å². The summed E-state index contributed by atoms with van der Waals surface area (Å²) in [7, 11) is 0. The highest BCUT2D eigenvalue weighted by atomic mass is 16.5. The van der Waals surface area contributed by atoms with Crippen molar-refractivity contribution in [2.24, 2.45) is 0 Å². The Hall–Kier alpha value is -1.79. The number of carbonyl (C=O) groups is 1. The lowest BCUT2D eigenvalue weighted by molar-refractivity contribution is -0.121. The summed E-state index contributed by atoms with van der Waals surface area (Å²) in [5.74, 6) is 1.58. The van der Waals surface area contributed by atoms with Crippen LogP contribution < -0.4 is 14.8 Å². The van der Waals surface area contributed by atoms with E-state index in [2.05, 4.69) is 24.1 Å². The van der Waals surface area contributed by atoms with Crippen molar-refractivity contribution in [3.05, 3.63) is 24.3 Å². The lowest BCUT2D eigenvalue weighted by Crippen LogP contribution is -2.47. The molecule has 1 aliphatic rings. The molecule has 1 aromatic rings. The monoisotopic (exact) mass is 350 g/mol. The Morgan fingerprint density at radius 3 is 2.36 bits per heavy atom. The first-order chi connectivity index (χ1) is 12.1. The Labute approximate surface area is 150 Å². The lowest BCUT2D eigenvalue weighted by Gasteiger charge is -2.35. The molecular formula is C19H30N2O4. The van der Waals surface area contributed by atoms with Crippen LogP contribution in [0.5, 0.6) is 11.5 Å². The van der Waals surface area contributed by atoms with E-state index in [4.69, 9.17) is 14.2 Å². The van der Waals surface area contributed by atoms with E-state index in [0.717, 1.165) is 31.1 Å². The van der Waals surface area contributed by atoms with Crippen LogP contribution in [0.2, 0.25) is 0 Å². The summed E-state index contributed by atoms with van der Waals surface area (Å²) in [5.41, 5.74) is 0. The van der Waals surface area contributed by atoms with Crippen molar-refractivity contribution < 1.29 is 19.0 Å². The fraction of sp³-hybridized carbons (Fsp3) is 0.632. The molecule has 25 heavy (non-hydrogen) atoms. The maximum absolute atomic E-state index is 11.9. The molecule has 6 nitrogen and oxygen atoms in total. The molecule has 1 aromatic carbocycles. The number of hydrogen-bond donors (Lipinski definition) is 1. The van der Waals surface area contributed by atoms with Crippen molar-refractivity contribution in [1.82, 2.24) is 10.2 Å². The summed E-state index contributed by atoms with van der Waals surface area (Å²) in [6, 6.07) is 7.43. The zero-order valence-corrected chi connectivity index (χ0v) is 15.5. The van der Waals surface area contributed by atoms with Crippen molar-refractivity contribution in [2.75, 3.05) is 39.4 Å². The molecule has 140 valence electrons. The molecule has 1 saturated heterocycles. The SMILES string of the molecule is CCOc1ccc(OCCC(=O)NCCN2C[C@@H](C)O[C@@H](C)C2)cc1. The molecule has 0 unspecified atom stereocenters. The van der Waals surface area contributed by atoms with Gasteiger partial charge in [-0.05, 0) is 45.0 Å². The molecule has 0 spiro atoms. The van der Waals surface area contributed by atoms with Gasteiger partial charge in [-0.3, -0.25) is 9.69 Å². The highest BCUT2D eigenvalue weighted by molar-refractivity contribution is 5.75. The minimum atomic E-state index is 0.0142. The van der Waals surface area contributed by atoms with Gasteiger partial charge in [-0.25, -0.2) is 0 Å². The summed E-state index contributed by atoms with van der Waals surface area (Å²) in [6.07, 6.45) is 0.854. The standard InChI is InChI=1S/C19H30N2O4/c1-4-23-17-5-7-18(8-6-17)24-12-9-19(22)20-10-11-21-13-15(2)25-16(3)14-21/h5-8,15-16H,4,9-14H2,1-3H3,(H,20,22)/t15-,16+. The molecule has 1 heterocycles. The van der Waals surface area contributed by atoms with Crippen molar-refractivity contribution in [3.8, 4) is 11.5 Å². The zero-order valence-electron chi connectivity index (χ0n) is 15.5. The predicted molar refractivity (Wildman–Crippen MR) is 97.2 cm³/mol. The van der Waals surface area contributed by atoms with Gasteiger partial charge in [0.2, 0.25) is 5.91 Å².